The molecule has 0 heterocycles. The second-order valence-electron chi connectivity index (χ2n) is 7.36. The van der Waals surface area contributed by atoms with Crippen LogP contribution in [0.4, 0.5) is 10.1 Å². The molecule has 0 aromatic heterocycles. The van der Waals surface area contributed by atoms with Crippen molar-refractivity contribution in [1.82, 2.24) is 5.43 Å². The number of amides is 2. The fraction of sp³-hybridized carbons (Fsp3) is 0.0385. The van der Waals surface area contributed by atoms with Crippen LogP contribution in [0, 0.1) is 5.82 Å². The Bertz CT molecular complexity index is 1400. The maximum absolute atomic E-state index is 13.4. The third-order valence-corrected chi connectivity index (χ3v) is 5.08. The van der Waals surface area contributed by atoms with E-state index in [4.69, 9.17) is 0 Å². The first-order chi connectivity index (χ1) is 15.9. The van der Waals surface area contributed by atoms with Crippen molar-refractivity contribution < 1.29 is 19.1 Å². The normalized spacial score (nSPS) is 11.3. The molecule has 0 atom stereocenters. The summed E-state index contributed by atoms with van der Waals surface area (Å²) in [4.78, 5) is 25.1. The van der Waals surface area contributed by atoms with Gasteiger partial charge in [0.15, 0.2) is 0 Å². The van der Waals surface area contributed by atoms with Crippen LogP contribution in [0.3, 0.4) is 0 Å². The molecule has 4 rings (SSSR count). The van der Waals surface area contributed by atoms with E-state index in [2.05, 4.69) is 15.8 Å². The minimum Gasteiger partial charge on any atom is -0.507 e. The summed E-state index contributed by atoms with van der Waals surface area (Å²) in [6.45, 7) is 1.71. The Balaban J connectivity index is 1.51. The van der Waals surface area contributed by atoms with Gasteiger partial charge < -0.3 is 10.4 Å². The predicted octanol–water partition coefficient (Wildman–Crippen LogP) is 5.09. The molecule has 3 N–H and O–H groups in total. The molecule has 2 amide bonds. The molecule has 0 fully saturated rings. The van der Waals surface area contributed by atoms with Gasteiger partial charge >= 0.3 is 0 Å². The number of rotatable bonds is 5. The molecule has 4 aromatic rings. The van der Waals surface area contributed by atoms with Gasteiger partial charge in [-0.2, -0.15) is 5.10 Å². The first-order valence-corrected chi connectivity index (χ1v) is 10.1. The highest BCUT2D eigenvalue weighted by Crippen LogP contribution is 2.27. The molecule has 0 bridgehead atoms. The van der Waals surface area contributed by atoms with E-state index in [-0.39, 0.29) is 16.9 Å². The Morgan fingerprint density at radius 2 is 1.61 bits per heavy atom. The van der Waals surface area contributed by atoms with E-state index < -0.39 is 17.6 Å². The van der Waals surface area contributed by atoms with Crippen LogP contribution in [0.25, 0.3) is 10.8 Å². The SMILES string of the molecule is C/C(=N/NC(=O)c1c(O)ccc2ccccc12)c1cccc(NC(=O)c2cccc(F)c2)c1. The second kappa shape index (κ2) is 9.32. The quantitative estimate of drug-likeness (QED) is 0.298. The number of hydrogen-bond acceptors (Lipinski definition) is 4. The number of anilines is 1. The molecule has 4 aromatic carbocycles. The smallest absolute Gasteiger partial charge is 0.275 e. The number of hydrogen-bond donors (Lipinski definition) is 3. The maximum atomic E-state index is 13.4. The van der Waals surface area contributed by atoms with Crippen molar-refractivity contribution in [3.05, 3.63) is 107 Å². The summed E-state index contributed by atoms with van der Waals surface area (Å²) >= 11 is 0. The third kappa shape index (κ3) is 4.88. The minimum atomic E-state index is -0.542. The van der Waals surface area contributed by atoms with Gasteiger partial charge in [-0.25, -0.2) is 9.82 Å². The molecule has 0 saturated heterocycles. The Labute approximate surface area is 189 Å². The molecule has 33 heavy (non-hydrogen) atoms. The molecule has 0 aliphatic rings. The number of benzene rings is 4. The average molecular weight is 441 g/mol. The van der Waals surface area contributed by atoms with Gasteiger partial charge in [-0.1, -0.05) is 48.5 Å². The lowest BCUT2D eigenvalue weighted by molar-refractivity contribution is 0.0953. The van der Waals surface area contributed by atoms with Crippen LogP contribution in [-0.4, -0.2) is 22.6 Å². The lowest BCUT2D eigenvalue weighted by Crippen LogP contribution is -2.20. The second-order valence-corrected chi connectivity index (χ2v) is 7.36. The van der Waals surface area contributed by atoms with Gasteiger partial charge in [-0.05, 0) is 59.7 Å². The van der Waals surface area contributed by atoms with Crippen LogP contribution in [-0.2, 0) is 0 Å². The largest absolute Gasteiger partial charge is 0.507 e. The van der Waals surface area contributed by atoms with Crippen molar-refractivity contribution in [2.45, 2.75) is 6.92 Å². The Morgan fingerprint density at radius 3 is 2.42 bits per heavy atom. The average Bonchev–Trinajstić information content (AvgIpc) is 2.82. The van der Waals surface area contributed by atoms with Crippen molar-refractivity contribution in [3.63, 3.8) is 0 Å². The Hall–Kier alpha value is -4.52. The molecule has 0 aliphatic heterocycles. The van der Waals surface area contributed by atoms with Gasteiger partial charge in [0.2, 0.25) is 0 Å². The molecule has 6 nitrogen and oxygen atoms in total. The number of hydrazone groups is 1. The highest BCUT2D eigenvalue weighted by molar-refractivity contribution is 6.10. The van der Waals surface area contributed by atoms with Crippen molar-refractivity contribution in [1.29, 1.82) is 0 Å². The molecule has 164 valence electrons. The molecular formula is C26H20FN3O3. The van der Waals surface area contributed by atoms with Gasteiger partial charge in [0.1, 0.15) is 11.6 Å². The van der Waals surface area contributed by atoms with E-state index in [1.807, 2.05) is 12.1 Å². The lowest BCUT2D eigenvalue weighted by atomic mass is 10.0. The monoisotopic (exact) mass is 441 g/mol. The van der Waals surface area contributed by atoms with Gasteiger partial charge in [0.25, 0.3) is 11.8 Å². The van der Waals surface area contributed by atoms with Crippen LogP contribution in [0.1, 0.15) is 33.2 Å². The first-order valence-electron chi connectivity index (χ1n) is 10.1. The number of phenols is 1. The first kappa shape index (κ1) is 21.7. The zero-order valence-corrected chi connectivity index (χ0v) is 17.7. The highest BCUT2D eigenvalue weighted by Gasteiger charge is 2.15. The molecule has 0 saturated carbocycles. The van der Waals surface area contributed by atoms with Gasteiger partial charge in [0.05, 0.1) is 11.3 Å². The Morgan fingerprint density at radius 1 is 0.848 bits per heavy atom. The number of nitrogens with zero attached hydrogens (tertiary/aromatic N) is 1. The van der Waals surface area contributed by atoms with E-state index in [0.717, 1.165) is 11.5 Å². The number of carbonyl (C=O) groups excluding carboxylic acids is 2. The maximum Gasteiger partial charge on any atom is 0.275 e. The van der Waals surface area contributed by atoms with E-state index in [1.165, 1.54) is 24.3 Å². The number of halogens is 1. The molecule has 0 aliphatic carbocycles. The van der Waals surface area contributed by atoms with Crippen LogP contribution in [0.5, 0.6) is 5.75 Å². The molecule has 0 unspecified atom stereocenters. The predicted molar refractivity (Wildman–Crippen MR) is 126 cm³/mol. The van der Waals surface area contributed by atoms with Crippen molar-refractivity contribution in [2.24, 2.45) is 5.10 Å². The third-order valence-electron chi connectivity index (χ3n) is 5.08. The van der Waals surface area contributed by atoms with E-state index in [9.17, 15) is 19.1 Å². The van der Waals surface area contributed by atoms with Crippen molar-refractivity contribution in [3.8, 4) is 5.75 Å². The van der Waals surface area contributed by atoms with Crippen LogP contribution in [0.2, 0.25) is 0 Å². The fourth-order valence-electron chi connectivity index (χ4n) is 3.41. The summed E-state index contributed by atoms with van der Waals surface area (Å²) in [5.74, 6) is -1.62. The fourth-order valence-corrected chi connectivity index (χ4v) is 3.41. The van der Waals surface area contributed by atoms with Crippen molar-refractivity contribution >= 4 is 34.0 Å². The Kier molecular flexibility index (Phi) is 6.13. The molecule has 0 radical (unpaired) electrons. The van der Waals surface area contributed by atoms with E-state index in [1.54, 1.807) is 49.4 Å². The minimum absolute atomic E-state index is 0.138. The highest BCUT2D eigenvalue weighted by atomic mass is 19.1. The standard InChI is InChI=1S/C26H20FN3O3/c1-16(29-30-26(33)24-22-11-3-2-6-17(22)12-13-23(24)31)18-7-5-10-21(15-18)28-25(32)19-8-4-9-20(27)14-19/h2-15,31H,1H3,(H,28,32)(H,30,33)/b29-16-. The van der Waals surface area contributed by atoms with Crippen LogP contribution >= 0.6 is 0 Å². The number of aromatic hydroxyl groups is 1. The summed E-state index contributed by atoms with van der Waals surface area (Å²) in [5.41, 5.74) is 4.47. The van der Waals surface area contributed by atoms with Crippen molar-refractivity contribution in [2.75, 3.05) is 5.32 Å². The van der Waals surface area contributed by atoms with Gasteiger partial charge in [-0.15, -0.1) is 0 Å². The molecule has 0 spiro atoms. The molecular weight excluding hydrogens is 421 g/mol. The van der Waals surface area contributed by atoms with Crippen LogP contribution in [0.15, 0.2) is 90.0 Å². The lowest BCUT2D eigenvalue weighted by Gasteiger charge is -2.09. The number of phenolic OH excluding ortho intramolecular Hbond substituents is 1. The number of carbonyl (C=O) groups is 2. The summed E-state index contributed by atoms with van der Waals surface area (Å²) in [5, 5.41) is 18.5. The molecule has 7 heteroatoms. The zero-order chi connectivity index (χ0) is 23.4. The van der Waals surface area contributed by atoms with Gasteiger partial charge in [-0.3, -0.25) is 9.59 Å². The summed E-state index contributed by atoms with van der Waals surface area (Å²) in [7, 11) is 0. The summed E-state index contributed by atoms with van der Waals surface area (Å²) in [6.07, 6.45) is 0. The van der Waals surface area contributed by atoms with E-state index >= 15 is 0 Å². The summed E-state index contributed by atoms with van der Waals surface area (Å²) in [6, 6.07) is 22.8. The number of nitrogens with one attached hydrogen (secondary N) is 2. The summed E-state index contributed by atoms with van der Waals surface area (Å²) < 4.78 is 13.4. The van der Waals surface area contributed by atoms with Gasteiger partial charge in [0, 0.05) is 11.3 Å². The zero-order valence-electron chi connectivity index (χ0n) is 17.7. The van der Waals surface area contributed by atoms with Crippen LogP contribution < -0.4 is 10.7 Å². The number of fused-ring (bicyclic) bond motifs is 1. The topological polar surface area (TPSA) is 90.8 Å². The van der Waals surface area contributed by atoms with E-state index in [0.29, 0.717) is 22.3 Å².